The van der Waals surface area contributed by atoms with Crippen LogP contribution in [0.15, 0.2) is 29.2 Å². The third-order valence-corrected chi connectivity index (χ3v) is 4.83. The molecular formula is C18H28BrNOS. The molecule has 0 aromatic heterocycles. The summed E-state index contributed by atoms with van der Waals surface area (Å²) in [6.07, 6.45) is 10.6. The van der Waals surface area contributed by atoms with Gasteiger partial charge in [0.1, 0.15) is 0 Å². The molecule has 1 aromatic carbocycles. The number of carbonyl (C=O) groups is 1. The molecule has 0 bridgehead atoms. The fourth-order valence-electron chi connectivity index (χ4n) is 2.48. The van der Waals surface area contributed by atoms with Gasteiger partial charge in [-0.25, -0.2) is 0 Å². The van der Waals surface area contributed by atoms with Crippen LogP contribution in [0.1, 0.15) is 57.8 Å². The highest BCUT2D eigenvalue weighted by atomic mass is 79.9. The van der Waals surface area contributed by atoms with Crippen LogP contribution in [0.2, 0.25) is 0 Å². The number of carbonyl (C=O) groups excluding carboxylic acids is 1. The molecule has 0 N–H and O–H groups in total. The lowest BCUT2D eigenvalue weighted by atomic mass is 10.1. The van der Waals surface area contributed by atoms with E-state index in [9.17, 15) is 4.79 Å². The van der Waals surface area contributed by atoms with Crippen LogP contribution < -0.4 is 4.90 Å². The molecular weight excluding hydrogens is 358 g/mol. The molecule has 0 unspecified atom stereocenters. The normalized spacial score (nSPS) is 10.7. The summed E-state index contributed by atoms with van der Waals surface area (Å²) in [5, 5.41) is 1.12. The highest BCUT2D eigenvalue weighted by Crippen LogP contribution is 2.23. The molecule has 0 aliphatic rings. The van der Waals surface area contributed by atoms with E-state index in [1.165, 1.54) is 38.5 Å². The van der Waals surface area contributed by atoms with Gasteiger partial charge >= 0.3 is 0 Å². The van der Waals surface area contributed by atoms with E-state index in [1.54, 1.807) is 4.90 Å². The van der Waals surface area contributed by atoms with Crippen molar-refractivity contribution in [2.24, 2.45) is 0 Å². The Morgan fingerprint density at radius 1 is 1.00 bits per heavy atom. The Balaban J connectivity index is 2.12. The number of alkyl halides is 1. The van der Waals surface area contributed by atoms with Crippen molar-refractivity contribution in [3.8, 4) is 0 Å². The molecule has 124 valence electrons. The van der Waals surface area contributed by atoms with Crippen molar-refractivity contribution in [3.63, 3.8) is 0 Å². The molecule has 0 saturated heterocycles. The maximum atomic E-state index is 12.2. The second kappa shape index (κ2) is 12.0. The Morgan fingerprint density at radius 3 is 2.14 bits per heavy atom. The van der Waals surface area contributed by atoms with Gasteiger partial charge in [-0.2, -0.15) is 0 Å². The largest absolute Gasteiger partial charge is 0.314 e. The minimum Gasteiger partial charge on any atom is -0.314 e. The van der Waals surface area contributed by atoms with Crippen molar-refractivity contribution in [2.45, 2.75) is 62.7 Å². The van der Waals surface area contributed by atoms with E-state index >= 15 is 0 Å². The maximum absolute atomic E-state index is 12.2. The van der Waals surface area contributed by atoms with Crippen molar-refractivity contribution in [1.29, 1.82) is 0 Å². The van der Waals surface area contributed by atoms with Gasteiger partial charge in [0, 0.05) is 23.7 Å². The van der Waals surface area contributed by atoms with E-state index in [0.29, 0.717) is 6.42 Å². The van der Waals surface area contributed by atoms with Crippen molar-refractivity contribution < 1.29 is 4.79 Å². The average Bonchev–Trinajstić information content (AvgIpc) is 2.53. The Morgan fingerprint density at radius 2 is 1.55 bits per heavy atom. The fourth-order valence-corrected chi connectivity index (χ4v) is 3.19. The van der Waals surface area contributed by atoms with E-state index in [4.69, 9.17) is 0 Å². The number of anilines is 1. The van der Waals surface area contributed by atoms with Crippen LogP contribution in [0, 0.1) is 0 Å². The first-order chi connectivity index (χ1) is 10.7. The number of amides is 1. The molecule has 0 radical (unpaired) electrons. The lowest BCUT2D eigenvalue weighted by Gasteiger charge is -2.19. The van der Waals surface area contributed by atoms with Crippen molar-refractivity contribution in [2.75, 3.05) is 17.3 Å². The lowest BCUT2D eigenvalue weighted by molar-refractivity contribution is -0.118. The molecule has 0 heterocycles. The number of rotatable bonds is 11. The molecule has 1 aromatic rings. The predicted molar refractivity (Wildman–Crippen MR) is 102 cm³/mol. The number of para-hydroxylation sites is 1. The van der Waals surface area contributed by atoms with Crippen molar-refractivity contribution >= 4 is 40.2 Å². The fraction of sp³-hybridized carbons (Fsp3) is 0.611. The molecule has 0 aliphatic heterocycles. The third-order valence-electron chi connectivity index (χ3n) is 3.89. The first-order valence-corrected chi connectivity index (χ1v) is 9.84. The Labute approximate surface area is 149 Å². The summed E-state index contributed by atoms with van der Waals surface area (Å²) in [6.45, 7) is 0. The second-order valence-electron chi connectivity index (χ2n) is 5.71. The summed E-state index contributed by atoms with van der Waals surface area (Å²) in [6, 6.07) is 7.72. The van der Waals surface area contributed by atoms with Gasteiger partial charge in [-0.15, -0.1) is 12.6 Å². The summed E-state index contributed by atoms with van der Waals surface area (Å²) < 4.78 is 0. The summed E-state index contributed by atoms with van der Waals surface area (Å²) >= 11 is 7.87. The Hall–Kier alpha value is -0.480. The zero-order valence-corrected chi connectivity index (χ0v) is 16.0. The number of unbranched alkanes of at least 4 members (excludes halogenated alkanes) is 7. The zero-order valence-electron chi connectivity index (χ0n) is 13.6. The molecule has 0 spiro atoms. The van der Waals surface area contributed by atoms with Gasteiger partial charge in [-0.3, -0.25) is 4.79 Å². The highest BCUT2D eigenvalue weighted by molar-refractivity contribution is 9.09. The van der Waals surface area contributed by atoms with Crippen molar-refractivity contribution in [3.05, 3.63) is 24.3 Å². The van der Waals surface area contributed by atoms with Crippen LogP contribution in [0.5, 0.6) is 0 Å². The predicted octanol–water partition coefficient (Wildman–Crippen LogP) is 5.84. The van der Waals surface area contributed by atoms with Gasteiger partial charge < -0.3 is 4.90 Å². The van der Waals surface area contributed by atoms with Gasteiger partial charge in [0.25, 0.3) is 0 Å². The van der Waals surface area contributed by atoms with E-state index in [-0.39, 0.29) is 5.91 Å². The maximum Gasteiger partial charge on any atom is 0.226 e. The average molecular weight is 386 g/mol. The van der Waals surface area contributed by atoms with Gasteiger partial charge in [-0.1, -0.05) is 66.6 Å². The first kappa shape index (κ1) is 19.6. The molecule has 22 heavy (non-hydrogen) atoms. The van der Waals surface area contributed by atoms with Crippen LogP contribution in [-0.4, -0.2) is 18.3 Å². The number of hydrogen-bond acceptors (Lipinski definition) is 2. The van der Waals surface area contributed by atoms with Crippen LogP contribution in [0.3, 0.4) is 0 Å². The topological polar surface area (TPSA) is 20.3 Å². The molecule has 4 heteroatoms. The number of halogens is 1. The van der Waals surface area contributed by atoms with Crippen LogP contribution in [-0.2, 0) is 4.79 Å². The molecule has 0 saturated carbocycles. The monoisotopic (exact) mass is 385 g/mol. The van der Waals surface area contributed by atoms with E-state index < -0.39 is 0 Å². The van der Waals surface area contributed by atoms with E-state index in [1.807, 2.05) is 31.3 Å². The van der Waals surface area contributed by atoms with E-state index in [2.05, 4.69) is 28.6 Å². The molecule has 0 aliphatic carbocycles. The zero-order chi connectivity index (χ0) is 16.2. The van der Waals surface area contributed by atoms with Gasteiger partial charge in [0.2, 0.25) is 5.91 Å². The van der Waals surface area contributed by atoms with Crippen LogP contribution in [0.25, 0.3) is 0 Å². The van der Waals surface area contributed by atoms with Crippen molar-refractivity contribution in [1.82, 2.24) is 0 Å². The lowest BCUT2D eigenvalue weighted by Crippen LogP contribution is -2.26. The quantitative estimate of drug-likeness (QED) is 0.288. The molecule has 1 amide bonds. The molecule has 2 nitrogen and oxygen atoms in total. The summed E-state index contributed by atoms with van der Waals surface area (Å²) in [7, 11) is 1.83. The number of thiol groups is 1. The van der Waals surface area contributed by atoms with Gasteiger partial charge in [0.05, 0.1) is 5.69 Å². The van der Waals surface area contributed by atoms with Gasteiger partial charge in [0.15, 0.2) is 0 Å². The number of hydrogen-bond donors (Lipinski definition) is 1. The van der Waals surface area contributed by atoms with Gasteiger partial charge in [-0.05, 0) is 25.0 Å². The van der Waals surface area contributed by atoms with Crippen LogP contribution in [0.4, 0.5) is 5.69 Å². The Kier molecular flexibility index (Phi) is 10.7. The minimum absolute atomic E-state index is 0.179. The summed E-state index contributed by atoms with van der Waals surface area (Å²) in [5.74, 6) is 0.179. The Bertz CT molecular complexity index is 439. The van der Waals surface area contributed by atoms with Crippen LogP contribution >= 0.6 is 28.6 Å². The third kappa shape index (κ3) is 7.68. The standard InChI is InChI=1S/C18H28BrNOS/c1-20(16-12-9-10-13-17(16)22)18(21)14-8-6-4-2-3-5-7-11-15-19/h9-10,12-13,22H,2-8,11,14-15H2,1H3. The second-order valence-corrected chi connectivity index (χ2v) is 6.98. The summed E-state index contributed by atoms with van der Waals surface area (Å²) in [5.41, 5.74) is 0.891. The summed E-state index contributed by atoms with van der Waals surface area (Å²) in [4.78, 5) is 14.8. The van der Waals surface area contributed by atoms with E-state index in [0.717, 1.165) is 28.8 Å². The number of nitrogens with zero attached hydrogens (tertiary/aromatic N) is 1. The SMILES string of the molecule is CN(C(=O)CCCCCCCCCCBr)c1ccccc1S. The minimum atomic E-state index is 0.179. The first-order valence-electron chi connectivity index (χ1n) is 8.27. The number of benzene rings is 1. The molecule has 1 rings (SSSR count). The highest BCUT2D eigenvalue weighted by Gasteiger charge is 2.12. The smallest absolute Gasteiger partial charge is 0.226 e. The molecule has 0 fully saturated rings. The molecule has 0 atom stereocenters.